The predicted molar refractivity (Wildman–Crippen MR) is 105 cm³/mol. The summed E-state index contributed by atoms with van der Waals surface area (Å²) in [5.41, 5.74) is 0. The van der Waals surface area contributed by atoms with Crippen LogP contribution >= 0.6 is 23.5 Å². The number of rotatable bonds is 6. The Morgan fingerprint density at radius 3 is 2.71 bits per heavy atom. The van der Waals surface area contributed by atoms with Gasteiger partial charge in [0.05, 0.1) is 6.04 Å². The van der Waals surface area contributed by atoms with Crippen LogP contribution in [0.5, 0.6) is 0 Å². The summed E-state index contributed by atoms with van der Waals surface area (Å²) in [6, 6.07) is 10.8. The maximum absolute atomic E-state index is 12.8. The van der Waals surface area contributed by atoms with Crippen molar-refractivity contribution >= 4 is 29.4 Å². The average Bonchev–Trinajstić information content (AvgIpc) is 3.00. The van der Waals surface area contributed by atoms with Crippen molar-refractivity contribution in [2.24, 2.45) is 0 Å². The van der Waals surface area contributed by atoms with Gasteiger partial charge in [-0.3, -0.25) is 4.79 Å². The summed E-state index contributed by atoms with van der Waals surface area (Å²) >= 11 is 3.81. The third-order valence-electron chi connectivity index (χ3n) is 4.75. The van der Waals surface area contributed by atoms with Crippen LogP contribution < -0.4 is 0 Å². The number of benzene rings is 1. The summed E-state index contributed by atoms with van der Waals surface area (Å²) in [6.07, 6.45) is 4.43. The minimum Gasteiger partial charge on any atom is -0.338 e. The number of nitrogens with zero attached hydrogens (tertiary/aromatic N) is 2. The van der Waals surface area contributed by atoms with Crippen LogP contribution in [0.2, 0.25) is 0 Å². The normalized spacial score (nSPS) is 22.5. The summed E-state index contributed by atoms with van der Waals surface area (Å²) in [4.78, 5) is 18.8. The number of hydrogen-bond acceptors (Lipinski definition) is 4. The highest BCUT2D eigenvalue weighted by molar-refractivity contribution is 7.99. The first-order chi connectivity index (χ1) is 11.8. The molecule has 2 saturated heterocycles. The zero-order chi connectivity index (χ0) is 16.6. The molecule has 24 heavy (non-hydrogen) atoms. The van der Waals surface area contributed by atoms with Crippen molar-refractivity contribution in [3.8, 4) is 0 Å². The standard InChI is InChI=1S/C19H28N2OS2/c22-19(9-14-24-18-7-2-1-3-8-18)21-12-6-13-23-16-17(21)15-20-10-4-5-11-20/h1-3,7-8,17H,4-6,9-16H2. The molecule has 1 aromatic rings. The lowest BCUT2D eigenvalue weighted by atomic mass is 10.2. The molecular weight excluding hydrogens is 336 g/mol. The molecule has 3 rings (SSSR count). The molecule has 1 aromatic carbocycles. The first kappa shape index (κ1) is 18.2. The highest BCUT2D eigenvalue weighted by atomic mass is 32.2. The second-order valence-corrected chi connectivity index (χ2v) is 8.91. The van der Waals surface area contributed by atoms with Crippen LogP contribution in [0, 0.1) is 0 Å². The van der Waals surface area contributed by atoms with E-state index >= 15 is 0 Å². The van der Waals surface area contributed by atoms with Crippen molar-refractivity contribution in [2.45, 2.75) is 36.6 Å². The summed E-state index contributed by atoms with van der Waals surface area (Å²) in [7, 11) is 0. The van der Waals surface area contributed by atoms with Crippen LogP contribution in [0.25, 0.3) is 0 Å². The number of likely N-dealkylation sites (tertiary alicyclic amines) is 1. The van der Waals surface area contributed by atoms with Gasteiger partial charge in [-0.25, -0.2) is 0 Å². The van der Waals surface area contributed by atoms with Crippen LogP contribution in [0.4, 0.5) is 0 Å². The fourth-order valence-corrected chi connectivity index (χ4v) is 5.41. The number of amides is 1. The molecule has 2 aliphatic rings. The van der Waals surface area contributed by atoms with E-state index in [0.29, 0.717) is 18.4 Å². The van der Waals surface area contributed by atoms with E-state index in [4.69, 9.17) is 0 Å². The summed E-state index contributed by atoms with van der Waals surface area (Å²) in [5.74, 6) is 3.53. The third-order valence-corrected chi connectivity index (χ3v) is 6.97. The van der Waals surface area contributed by atoms with Crippen LogP contribution in [-0.2, 0) is 4.79 Å². The Kier molecular flexibility index (Phi) is 7.36. The van der Waals surface area contributed by atoms with Crippen molar-refractivity contribution in [1.82, 2.24) is 9.80 Å². The molecule has 1 atom stereocenters. The second-order valence-electron chi connectivity index (χ2n) is 6.59. The summed E-state index contributed by atoms with van der Waals surface area (Å²) in [5, 5.41) is 0. The Morgan fingerprint density at radius 2 is 1.92 bits per heavy atom. The Hall–Kier alpha value is -0.650. The fourth-order valence-electron chi connectivity index (χ4n) is 3.49. The molecule has 3 nitrogen and oxygen atoms in total. The monoisotopic (exact) mass is 364 g/mol. The molecule has 132 valence electrons. The van der Waals surface area contributed by atoms with Gasteiger partial charge >= 0.3 is 0 Å². The zero-order valence-corrected chi connectivity index (χ0v) is 16.0. The smallest absolute Gasteiger partial charge is 0.223 e. The van der Waals surface area contributed by atoms with Gasteiger partial charge in [0.15, 0.2) is 0 Å². The molecular formula is C19H28N2OS2. The van der Waals surface area contributed by atoms with Gasteiger partial charge < -0.3 is 9.80 Å². The fraction of sp³-hybridized carbons (Fsp3) is 0.632. The van der Waals surface area contributed by atoms with Gasteiger partial charge in [0.1, 0.15) is 0 Å². The topological polar surface area (TPSA) is 23.6 Å². The van der Waals surface area contributed by atoms with Crippen molar-refractivity contribution in [3.05, 3.63) is 30.3 Å². The van der Waals surface area contributed by atoms with Gasteiger partial charge in [-0.1, -0.05) is 18.2 Å². The Balaban J connectivity index is 1.51. The molecule has 0 saturated carbocycles. The molecule has 2 heterocycles. The van der Waals surface area contributed by atoms with Crippen LogP contribution in [0.3, 0.4) is 0 Å². The van der Waals surface area contributed by atoms with E-state index in [1.54, 1.807) is 11.8 Å². The molecule has 0 radical (unpaired) electrons. The van der Waals surface area contributed by atoms with Gasteiger partial charge in [-0.15, -0.1) is 11.8 Å². The van der Waals surface area contributed by atoms with Crippen molar-refractivity contribution in [1.29, 1.82) is 0 Å². The lowest BCUT2D eigenvalue weighted by Gasteiger charge is -2.32. The van der Waals surface area contributed by atoms with Crippen LogP contribution in [0.15, 0.2) is 35.2 Å². The molecule has 2 fully saturated rings. The summed E-state index contributed by atoms with van der Waals surface area (Å²) in [6.45, 7) is 4.45. The first-order valence-corrected chi connectivity index (χ1v) is 11.2. The molecule has 1 unspecified atom stereocenters. The first-order valence-electron chi connectivity index (χ1n) is 9.10. The van der Waals surface area contributed by atoms with Crippen molar-refractivity contribution in [3.63, 3.8) is 0 Å². The lowest BCUT2D eigenvalue weighted by Crippen LogP contribution is -2.47. The zero-order valence-electron chi connectivity index (χ0n) is 14.4. The number of carbonyl (C=O) groups excluding carboxylic acids is 1. The molecule has 2 aliphatic heterocycles. The Morgan fingerprint density at radius 1 is 1.12 bits per heavy atom. The molecule has 0 spiro atoms. The van der Waals surface area contributed by atoms with Gasteiger partial charge in [-0.2, -0.15) is 11.8 Å². The average molecular weight is 365 g/mol. The maximum Gasteiger partial charge on any atom is 0.223 e. The van der Waals surface area contributed by atoms with Gasteiger partial charge in [0.25, 0.3) is 0 Å². The van der Waals surface area contributed by atoms with Crippen LogP contribution in [0.1, 0.15) is 25.7 Å². The molecule has 5 heteroatoms. The van der Waals surface area contributed by atoms with Gasteiger partial charge in [0, 0.05) is 35.9 Å². The van der Waals surface area contributed by atoms with E-state index < -0.39 is 0 Å². The van der Waals surface area contributed by atoms with Gasteiger partial charge in [0.2, 0.25) is 5.91 Å². The maximum atomic E-state index is 12.8. The highest BCUT2D eigenvalue weighted by Crippen LogP contribution is 2.22. The SMILES string of the molecule is O=C(CCSc1ccccc1)N1CCCSCC1CN1CCCC1. The molecule has 0 aliphatic carbocycles. The van der Waals surface area contributed by atoms with Crippen molar-refractivity contribution < 1.29 is 4.79 Å². The molecule has 1 amide bonds. The highest BCUT2D eigenvalue weighted by Gasteiger charge is 2.27. The third kappa shape index (κ3) is 5.43. The van der Waals surface area contributed by atoms with E-state index in [0.717, 1.165) is 31.0 Å². The number of hydrogen-bond donors (Lipinski definition) is 0. The molecule has 0 N–H and O–H groups in total. The number of thioether (sulfide) groups is 2. The minimum atomic E-state index is 0.352. The van der Waals surface area contributed by atoms with E-state index in [1.807, 2.05) is 17.8 Å². The molecule has 0 bridgehead atoms. The van der Waals surface area contributed by atoms with Crippen LogP contribution in [-0.4, -0.2) is 65.2 Å². The lowest BCUT2D eigenvalue weighted by molar-refractivity contribution is -0.132. The van der Waals surface area contributed by atoms with Crippen molar-refractivity contribution in [2.75, 3.05) is 43.4 Å². The van der Waals surface area contributed by atoms with E-state index in [2.05, 4.69) is 34.1 Å². The van der Waals surface area contributed by atoms with E-state index in [-0.39, 0.29) is 0 Å². The minimum absolute atomic E-state index is 0.352. The second kappa shape index (κ2) is 9.73. The quantitative estimate of drug-likeness (QED) is 0.720. The Bertz CT molecular complexity index is 505. The predicted octanol–water partition coefficient (Wildman–Crippen LogP) is 3.60. The molecule has 0 aromatic heterocycles. The Labute approximate surface area is 154 Å². The van der Waals surface area contributed by atoms with Gasteiger partial charge in [-0.05, 0) is 50.2 Å². The van der Waals surface area contributed by atoms with E-state index in [9.17, 15) is 4.79 Å². The summed E-state index contributed by atoms with van der Waals surface area (Å²) < 4.78 is 0. The number of carbonyl (C=O) groups is 1. The van der Waals surface area contributed by atoms with E-state index in [1.165, 1.54) is 36.6 Å². The largest absolute Gasteiger partial charge is 0.338 e.